The molecule has 4 saturated carbocycles. The largest absolute Gasteiger partial charge is 0.497 e. The van der Waals surface area contributed by atoms with E-state index in [0.717, 1.165) is 69.9 Å². The predicted octanol–water partition coefficient (Wildman–Crippen LogP) is 5.99. The van der Waals surface area contributed by atoms with Gasteiger partial charge < -0.3 is 14.2 Å². The lowest BCUT2D eigenvalue weighted by molar-refractivity contribution is -0.278. The average Bonchev–Trinajstić information content (AvgIpc) is 4.02. The minimum absolute atomic E-state index is 0.0834. The second kappa shape index (κ2) is 10.00. The summed E-state index contributed by atoms with van der Waals surface area (Å²) in [4.78, 5) is 33.8. The van der Waals surface area contributed by atoms with Gasteiger partial charge in [-0.25, -0.2) is 12.7 Å². The molecule has 2 amide bonds. The Morgan fingerprint density at radius 3 is 2.47 bits per heavy atom. The molecule has 2 aromatic carbocycles. The standard InChI is InChI=1S/C39H44N4O5S/c1-4-49(46,47)43(25-11-12-25)36(44)24-10-14-28-31(18-24)41-22-38(37(45)42-32-16-17-39(32)33(42)21-40(39)2)20-30(38)29-19-26(48-3)13-15-27(29)35(41)34(28)23-8-6-5-7-9-23/h4,10,13-15,18-19,23,25,30,32-33H,1,5-9,11-12,16-17,20-22H2,2-3H3/t30?,32?,33?,38?,39-/m0/s1. The van der Waals surface area contributed by atoms with Crippen molar-refractivity contribution in [3.63, 3.8) is 0 Å². The first-order valence-corrected chi connectivity index (χ1v) is 19.7. The van der Waals surface area contributed by atoms with Gasteiger partial charge in [0.2, 0.25) is 5.91 Å². The third-order valence-electron chi connectivity index (χ3n) is 13.8. The van der Waals surface area contributed by atoms with Crippen molar-refractivity contribution in [2.75, 3.05) is 20.7 Å². The zero-order chi connectivity index (χ0) is 33.6. The Hall–Kier alpha value is -3.63. The van der Waals surface area contributed by atoms with Crippen LogP contribution in [-0.4, -0.2) is 83.3 Å². The SMILES string of the molecule is C=CS(=O)(=O)N(C(=O)c1ccc2c(C3CCCCC3)c3n(c2c1)CC1(C(=O)N2C4CC[C@@]45C2CN5C)CC1c1cc(OC)ccc1-3)C1CC1. The van der Waals surface area contributed by atoms with Crippen molar-refractivity contribution in [3.05, 3.63) is 65.1 Å². The quantitative estimate of drug-likeness (QED) is 0.305. The van der Waals surface area contributed by atoms with Gasteiger partial charge in [0.25, 0.3) is 15.9 Å². The second-order valence-electron chi connectivity index (χ2n) is 16.0. The highest BCUT2D eigenvalue weighted by molar-refractivity contribution is 7.92. The maximum Gasteiger partial charge on any atom is 0.267 e. The molecule has 0 radical (unpaired) electrons. The summed E-state index contributed by atoms with van der Waals surface area (Å²) >= 11 is 0. The summed E-state index contributed by atoms with van der Waals surface area (Å²) in [6.07, 6.45) is 10.1. The molecule has 4 unspecified atom stereocenters. The summed E-state index contributed by atoms with van der Waals surface area (Å²) in [6.45, 7) is 4.99. The minimum Gasteiger partial charge on any atom is -0.497 e. The van der Waals surface area contributed by atoms with Gasteiger partial charge in [-0.15, -0.1) is 0 Å². The lowest BCUT2D eigenvalue weighted by Gasteiger charge is -2.80. The van der Waals surface area contributed by atoms with Gasteiger partial charge in [0.15, 0.2) is 0 Å². The third kappa shape index (κ3) is 3.82. The van der Waals surface area contributed by atoms with Crippen molar-refractivity contribution < 1.29 is 22.7 Å². The van der Waals surface area contributed by atoms with Crippen LogP contribution in [0.25, 0.3) is 22.2 Å². The Morgan fingerprint density at radius 1 is 1.02 bits per heavy atom. The molecule has 5 atom stereocenters. The number of methoxy groups -OCH3 is 1. The maximum atomic E-state index is 15.0. The Labute approximate surface area is 287 Å². The van der Waals surface area contributed by atoms with Crippen molar-refractivity contribution in [2.24, 2.45) is 5.41 Å². The molecule has 10 rings (SSSR count). The first-order chi connectivity index (χ1) is 23.6. The van der Waals surface area contributed by atoms with Gasteiger partial charge in [-0.3, -0.25) is 14.5 Å². The number of hydrogen-bond acceptors (Lipinski definition) is 6. The summed E-state index contributed by atoms with van der Waals surface area (Å²) in [7, 11) is -0.0444. The van der Waals surface area contributed by atoms with Crippen molar-refractivity contribution >= 4 is 32.7 Å². The smallest absolute Gasteiger partial charge is 0.267 e. The van der Waals surface area contributed by atoms with E-state index in [9.17, 15) is 13.2 Å². The van der Waals surface area contributed by atoms with Gasteiger partial charge in [0.1, 0.15) is 5.75 Å². The molecule has 0 bridgehead atoms. The number of piperidine rings is 1. The fraction of sp³-hybridized carbons (Fsp3) is 0.538. The van der Waals surface area contributed by atoms with Crippen LogP contribution in [-0.2, 0) is 21.4 Å². The van der Waals surface area contributed by atoms with Crippen molar-refractivity contribution in [2.45, 2.75) is 106 Å². The Bertz CT molecular complexity index is 2090. The molecule has 9 nitrogen and oxygen atoms in total. The zero-order valence-electron chi connectivity index (χ0n) is 28.4. The number of hydrogen-bond donors (Lipinski definition) is 0. The van der Waals surface area contributed by atoms with E-state index < -0.39 is 21.3 Å². The molecule has 4 heterocycles. The van der Waals surface area contributed by atoms with Crippen LogP contribution in [0.3, 0.4) is 0 Å². The highest BCUT2D eigenvalue weighted by Gasteiger charge is 2.78. The number of ether oxygens (including phenoxy) is 1. The van der Waals surface area contributed by atoms with E-state index in [1.54, 1.807) is 7.11 Å². The zero-order valence-corrected chi connectivity index (χ0v) is 29.2. The Morgan fingerprint density at radius 2 is 1.82 bits per heavy atom. The van der Waals surface area contributed by atoms with Crippen LogP contribution in [0.5, 0.6) is 5.75 Å². The molecule has 256 valence electrons. The molecule has 7 aliphatic rings. The number of piperazine rings is 1. The molecule has 4 aliphatic carbocycles. The number of carbonyl (C=O) groups excluding carboxylic acids is 2. The number of rotatable bonds is 7. The number of sulfonamides is 1. The highest BCUT2D eigenvalue weighted by atomic mass is 32.2. The molecular formula is C39H44N4O5S. The number of amides is 2. The van der Waals surface area contributed by atoms with Crippen LogP contribution in [0.1, 0.15) is 97.5 Å². The van der Waals surface area contributed by atoms with E-state index in [1.807, 2.05) is 24.3 Å². The number of fused-ring (bicyclic) bond motifs is 7. The van der Waals surface area contributed by atoms with E-state index in [2.05, 4.69) is 40.1 Å². The molecule has 1 spiro atoms. The van der Waals surface area contributed by atoms with Crippen LogP contribution in [0.4, 0.5) is 0 Å². The van der Waals surface area contributed by atoms with E-state index in [-0.39, 0.29) is 23.4 Å². The summed E-state index contributed by atoms with van der Waals surface area (Å²) < 4.78 is 35.3. The van der Waals surface area contributed by atoms with Crippen LogP contribution in [0.15, 0.2) is 48.4 Å². The van der Waals surface area contributed by atoms with E-state index in [4.69, 9.17) is 4.74 Å². The monoisotopic (exact) mass is 680 g/mol. The molecule has 2 saturated heterocycles. The molecule has 49 heavy (non-hydrogen) atoms. The molecule has 3 aromatic rings. The molecule has 1 aromatic heterocycles. The highest BCUT2D eigenvalue weighted by Crippen LogP contribution is 2.69. The van der Waals surface area contributed by atoms with Gasteiger partial charge >= 0.3 is 0 Å². The molecule has 0 N–H and O–H groups in total. The second-order valence-corrected chi connectivity index (χ2v) is 17.7. The van der Waals surface area contributed by atoms with Gasteiger partial charge in [-0.1, -0.05) is 31.9 Å². The van der Waals surface area contributed by atoms with Crippen LogP contribution < -0.4 is 4.74 Å². The number of benzene rings is 2. The van der Waals surface area contributed by atoms with Gasteiger partial charge in [-0.2, -0.15) is 0 Å². The van der Waals surface area contributed by atoms with Gasteiger partial charge in [-0.05, 0) is 99.4 Å². The summed E-state index contributed by atoms with van der Waals surface area (Å²) in [5, 5.41) is 1.99. The fourth-order valence-electron chi connectivity index (χ4n) is 10.9. The third-order valence-corrected chi connectivity index (χ3v) is 15.2. The normalized spacial score (nSPS) is 31.4. The van der Waals surface area contributed by atoms with Gasteiger partial charge in [0.05, 0.1) is 35.8 Å². The van der Waals surface area contributed by atoms with E-state index in [1.165, 1.54) is 36.8 Å². The lowest BCUT2D eigenvalue weighted by atomic mass is 9.52. The number of likely N-dealkylation sites (tertiary alicyclic amines) is 2. The number of carbonyl (C=O) groups is 2. The average molecular weight is 681 g/mol. The van der Waals surface area contributed by atoms with Crippen molar-refractivity contribution in [3.8, 4) is 17.0 Å². The van der Waals surface area contributed by atoms with E-state index >= 15 is 4.79 Å². The van der Waals surface area contributed by atoms with Crippen molar-refractivity contribution in [1.29, 1.82) is 0 Å². The topological polar surface area (TPSA) is 92.2 Å². The molecule has 6 fully saturated rings. The predicted molar refractivity (Wildman–Crippen MR) is 187 cm³/mol. The van der Waals surface area contributed by atoms with E-state index in [0.29, 0.717) is 43.0 Å². The summed E-state index contributed by atoms with van der Waals surface area (Å²) in [5.74, 6) is 1.02. The first kappa shape index (κ1) is 30.2. The summed E-state index contributed by atoms with van der Waals surface area (Å²) in [5.41, 5.74) is 5.69. The number of likely N-dealkylation sites (N-methyl/N-ethyl adjacent to an activating group) is 1. The lowest BCUT2D eigenvalue weighted by Crippen LogP contribution is -2.96. The summed E-state index contributed by atoms with van der Waals surface area (Å²) in [6, 6.07) is 12.4. The first-order valence-electron chi connectivity index (χ1n) is 18.2. The van der Waals surface area contributed by atoms with Crippen LogP contribution in [0, 0.1) is 5.41 Å². The van der Waals surface area contributed by atoms with Crippen molar-refractivity contribution in [1.82, 2.24) is 18.7 Å². The Kier molecular flexibility index (Phi) is 6.16. The Balaban J connectivity index is 1.16. The maximum absolute atomic E-state index is 15.0. The molecule has 10 heteroatoms. The molecule has 3 aliphatic heterocycles. The fourth-order valence-corrected chi connectivity index (χ4v) is 12.1. The number of aromatic nitrogens is 1. The minimum atomic E-state index is -3.95. The van der Waals surface area contributed by atoms with Gasteiger partial charge in [0, 0.05) is 52.5 Å². The van der Waals surface area contributed by atoms with Crippen LogP contribution in [0.2, 0.25) is 0 Å². The van der Waals surface area contributed by atoms with Crippen LogP contribution >= 0.6 is 0 Å². The number of nitrogens with zero attached hydrogens (tertiary/aromatic N) is 4. The molecular weight excluding hydrogens is 637 g/mol.